The molecule has 0 aliphatic carbocycles. The molecule has 1 aromatic heterocycles. The van der Waals surface area contributed by atoms with Gasteiger partial charge in [0.2, 0.25) is 5.88 Å². The first-order chi connectivity index (χ1) is 13.2. The predicted octanol–water partition coefficient (Wildman–Crippen LogP) is 3.74. The number of para-hydroxylation sites is 1. The van der Waals surface area contributed by atoms with E-state index in [0.717, 1.165) is 22.9 Å². The van der Waals surface area contributed by atoms with Crippen LogP contribution >= 0.6 is 0 Å². The Labute approximate surface area is 156 Å². The predicted molar refractivity (Wildman–Crippen MR) is 101 cm³/mol. The van der Waals surface area contributed by atoms with Crippen molar-refractivity contribution < 1.29 is 13.9 Å². The van der Waals surface area contributed by atoms with Crippen LogP contribution in [0.3, 0.4) is 0 Å². The van der Waals surface area contributed by atoms with Crippen LogP contribution < -0.4 is 10.1 Å². The molecule has 0 bridgehead atoms. The highest BCUT2D eigenvalue weighted by atomic mass is 19.1. The van der Waals surface area contributed by atoms with Crippen LogP contribution in [-0.4, -0.2) is 35.1 Å². The number of benzene rings is 2. The number of pyridine rings is 1. The second kappa shape index (κ2) is 7.61. The molecule has 138 valence electrons. The van der Waals surface area contributed by atoms with Gasteiger partial charge in [-0.3, -0.25) is 0 Å². The summed E-state index contributed by atoms with van der Waals surface area (Å²) in [6.45, 7) is 1.52. The van der Waals surface area contributed by atoms with Crippen LogP contribution in [0.1, 0.15) is 12.0 Å². The molecule has 1 N–H and O–H groups in total. The number of urea groups is 1. The van der Waals surface area contributed by atoms with Crippen molar-refractivity contribution in [2.75, 3.05) is 13.1 Å². The minimum absolute atomic E-state index is 0.0739. The van der Waals surface area contributed by atoms with E-state index >= 15 is 0 Å². The second-order valence-corrected chi connectivity index (χ2v) is 6.60. The number of carbonyl (C=O) groups excluding carboxylic acids is 1. The van der Waals surface area contributed by atoms with Gasteiger partial charge >= 0.3 is 6.03 Å². The third-order valence-electron chi connectivity index (χ3n) is 4.65. The van der Waals surface area contributed by atoms with Crippen LogP contribution in [0.15, 0.2) is 60.7 Å². The summed E-state index contributed by atoms with van der Waals surface area (Å²) in [6.07, 6.45) is 0.689. The molecule has 2 aromatic carbocycles. The lowest BCUT2D eigenvalue weighted by Gasteiger charge is -2.18. The van der Waals surface area contributed by atoms with E-state index in [0.29, 0.717) is 25.5 Å². The molecule has 4 rings (SSSR count). The lowest BCUT2D eigenvalue weighted by atomic mass is 10.2. The first-order valence-electron chi connectivity index (χ1n) is 8.97. The number of likely N-dealkylation sites (tertiary alicyclic amines) is 1. The highest BCUT2D eigenvalue weighted by Crippen LogP contribution is 2.20. The van der Waals surface area contributed by atoms with Gasteiger partial charge in [0.1, 0.15) is 11.9 Å². The van der Waals surface area contributed by atoms with Crippen LogP contribution in [-0.2, 0) is 6.54 Å². The number of aromatic nitrogens is 1. The summed E-state index contributed by atoms with van der Waals surface area (Å²) in [6, 6.07) is 17.7. The molecular formula is C21H20FN3O2. The van der Waals surface area contributed by atoms with Gasteiger partial charge in [-0.15, -0.1) is 0 Å². The number of hydrogen-bond donors (Lipinski definition) is 1. The maximum Gasteiger partial charge on any atom is 0.317 e. The number of nitrogens with one attached hydrogen (secondary N) is 1. The summed E-state index contributed by atoms with van der Waals surface area (Å²) >= 11 is 0. The van der Waals surface area contributed by atoms with E-state index in [2.05, 4.69) is 10.3 Å². The highest BCUT2D eigenvalue weighted by Gasteiger charge is 2.27. The van der Waals surface area contributed by atoms with Gasteiger partial charge in [0.05, 0.1) is 12.1 Å². The van der Waals surface area contributed by atoms with E-state index in [1.54, 1.807) is 17.0 Å². The van der Waals surface area contributed by atoms with Gasteiger partial charge in [-0.25, -0.2) is 14.2 Å². The first-order valence-corrected chi connectivity index (χ1v) is 8.97. The van der Waals surface area contributed by atoms with Crippen molar-refractivity contribution in [3.8, 4) is 5.88 Å². The number of halogens is 1. The van der Waals surface area contributed by atoms with Crippen LogP contribution in [0, 0.1) is 5.82 Å². The molecule has 1 aliphatic heterocycles. The van der Waals surface area contributed by atoms with Crippen molar-refractivity contribution in [1.82, 2.24) is 15.2 Å². The maximum atomic E-state index is 12.9. The molecule has 1 aliphatic rings. The number of ether oxygens (including phenoxy) is 1. The molecule has 1 fully saturated rings. The largest absolute Gasteiger partial charge is 0.472 e. The van der Waals surface area contributed by atoms with Gasteiger partial charge in [-0.2, -0.15) is 0 Å². The Hall–Kier alpha value is -3.15. The molecule has 0 unspecified atom stereocenters. The molecule has 0 spiro atoms. The minimum atomic E-state index is -0.285. The third-order valence-corrected chi connectivity index (χ3v) is 4.65. The average Bonchev–Trinajstić information content (AvgIpc) is 3.16. The van der Waals surface area contributed by atoms with Gasteiger partial charge in [0, 0.05) is 31.0 Å². The summed E-state index contributed by atoms with van der Waals surface area (Å²) in [4.78, 5) is 18.6. The Bertz CT molecular complexity index is 946. The minimum Gasteiger partial charge on any atom is -0.472 e. The quantitative estimate of drug-likeness (QED) is 0.766. The molecule has 2 amide bonds. The van der Waals surface area contributed by atoms with Crippen LogP contribution in [0.5, 0.6) is 5.88 Å². The fourth-order valence-electron chi connectivity index (χ4n) is 3.18. The average molecular weight is 365 g/mol. The number of nitrogens with zero attached hydrogens (tertiary/aromatic N) is 2. The monoisotopic (exact) mass is 365 g/mol. The fraction of sp³-hybridized carbons (Fsp3) is 0.238. The number of amides is 2. The van der Waals surface area contributed by atoms with Crippen LogP contribution in [0.4, 0.5) is 9.18 Å². The van der Waals surface area contributed by atoms with Crippen LogP contribution in [0.2, 0.25) is 0 Å². The van der Waals surface area contributed by atoms with Crippen molar-refractivity contribution in [1.29, 1.82) is 0 Å². The summed E-state index contributed by atoms with van der Waals surface area (Å²) in [5.41, 5.74) is 1.75. The van der Waals surface area contributed by atoms with Gasteiger partial charge in [0.25, 0.3) is 0 Å². The first kappa shape index (κ1) is 17.3. The van der Waals surface area contributed by atoms with E-state index in [1.807, 2.05) is 36.4 Å². The molecule has 27 heavy (non-hydrogen) atoms. The van der Waals surface area contributed by atoms with Crippen molar-refractivity contribution in [2.45, 2.75) is 19.1 Å². The van der Waals surface area contributed by atoms with Gasteiger partial charge < -0.3 is 15.0 Å². The zero-order chi connectivity index (χ0) is 18.6. The van der Waals surface area contributed by atoms with Gasteiger partial charge in [-0.1, -0.05) is 30.3 Å². The Kier molecular flexibility index (Phi) is 4.87. The van der Waals surface area contributed by atoms with Crippen molar-refractivity contribution in [2.24, 2.45) is 0 Å². The normalized spacial score (nSPS) is 16.5. The van der Waals surface area contributed by atoms with Crippen LogP contribution in [0.25, 0.3) is 10.9 Å². The number of fused-ring (bicyclic) bond motifs is 1. The Morgan fingerprint density at radius 2 is 1.96 bits per heavy atom. The zero-order valence-electron chi connectivity index (χ0n) is 14.8. The van der Waals surface area contributed by atoms with Gasteiger partial charge in [-0.05, 0) is 29.8 Å². The SMILES string of the molecule is O=C(NCc1ccc(F)cc1)N1CC[C@H](Oc2ccc3ccccc3n2)C1. The number of rotatable bonds is 4. The summed E-state index contributed by atoms with van der Waals surface area (Å²) < 4.78 is 18.9. The summed E-state index contributed by atoms with van der Waals surface area (Å²) in [5.74, 6) is 0.291. The summed E-state index contributed by atoms with van der Waals surface area (Å²) in [7, 11) is 0. The van der Waals surface area contributed by atoms with Crippen molar-refractivity contribution in [3.05, 3.63) is 72.0 Å². The molecule has 1 saturated heterocycles. The maximum absolute atomic E-state index is 12.9. The molecule has 2 heterocycles. The zero-order valence-corrected chi connectivity index (χ0v) is 14.8. The van der Waals surface area contributed by atoms with E-state index in [-0.39, 0.29) is 18.0 Å². The lowest BCUT2D eigenvalue weighted by Crippen LogP contribution is -2.39. The Balaban J connectivity index is 1.31. The Morgan fingerprint density at radius 1 is 1.15 bits per heavy atom. The number of carbonyl (C=O) groups is 1. The smallest absolute Gasteiger partial charge is 0.317 e. The standard InChI is InChI=1S/C21H20FN3O2/c22-17-8-5-15(6-9-17)13-23-21(26)25-12-11-18(14-25)27-20-10-7-16-3-1-2-4-19(16)24-20/h1-10,18H,11-14H2,(H,23,26)/t18-/m0/s1. The molecular weight excluding hydrogens is 345 g/mol. The molecule has 6 heteroatoms. The van der Waals surface area contributed by atoms with Crippen molar-refractivity contribution >= 4 is 16.9 Å². The highest BCUT2D eigenvalue weighted by molar-refractivity contribution is 5.78. The lowest BCUT2D eigenvalue weighted by molar-refractivity contribution is 0.183. The molecule has 5 nitrogen and oxygen atoms in total. The van der Waals surface area contributed by atoms with Gasteiger partial charge in [0.15, 0.2) is 0 Å². The fourth-order valence-corrected chi connectivity index (χ4v) is 3.18. The Morgan fingerprint density at radius 3 is 2.81 bits per heavy atom. The van der Waals surface area contributed by atoms with E-state index in [4.69, 9.17) is 4.74 Å². The van der Waals surface area contributed by atoms with Crippen molar-refractivity contribution in [3.63, 3.8) is 0 Å². The third kappa shape index (κ3) is 4.16. The molecule has 0 radical (unpaired) electrons. The van der Waals surface area contributed by atoms with E-state index in [9.17, 15) is 9.18 Å². The van der Waals surface area contributed by atoms with E-state index in [1.165, 1.54) is 12.1 Å². The van der Waals surface area contributed by atoms with E-state index < -0.39 is 0 Å². The number of hydrogen-bond acceptors (Lipinski definition) is 3. The molecule has 3 aromatic rings. The topological polar surface area (TPSA) is 54.5 Å². The summed E-state index contributed by atoms with van der Waals surface area (Å²) in [5, 5.41) is 3.93. The molecule has 0 saturated carbocycles. The molecule has 1 atom stereocenters. The second-order valence-electron chi connectivity index (χ2n) is 6.60.